The Bertz CT molecular complexity index is 389. The molecule has 0 saturated carbocycles. The molecule has 0 bridgehead atoms. The van der Waals surface area contributed by atoms with E-state index in [1.165, 1.54) is 0 Å². The van der Waals surface area contributed by atoms with Crippen LogP contribution >= 0.6 is 0 Å². The van der Waals surface area contributed by atoms with Crippen LogP contribution in [0.2, 0.25) is 0 Å². The first-order chi connectivity index (χ1) is 5.36. The topological polar surface area (TPSA) is 33.1 Å². The van der Waals surface area contributed by atoms with Gasteiger partial charge in [0.25, 0.3) is 0 Å². The SMILES string of the molecule is Oc1[c-]nc2ccccc2c1.[Zr]. The first-order valence-corrected chi connectivity index (χ1v) is 3.33. The quantitative estimate of drug-likeness (QED) is 0.706. The molecule has 3 heteroatoms. The van der Waals surface area contributed by atoms with Crippen LogP contribution in [0.5, 0.6) is 5.75 Å². The van der Waals surface area contributed by atoms with Crippen LogP contribution in [0.25, 0.3) is 10.9 Å². The molecule has 0 aliphatic rings. The molecule has 1 N–H and O–H groups in total. The summed E-state index contributed by atoms with van der Waals surface area (Å²) in [6.07, 6.45) is 2.48. The largest absolute Gasteiger partial charge is 0.532 e. The minimum atomic E-state index is 0. The number of para-hydroxylation sites is 1. The number of hydrogen-bond donors (Lipinski definition) is 1. The average Bonchev–Trinajstić information content (AvgIpc) is 2.04. The normalized spacial score (nSPS) is 9.33. The van der Waals surface area contributed by atoms with Crippen molar-refractivity contribution in [1.29, 1.82) is 0 Å². The van der Waals surface area contributed by atoms with Crippen molar-refractivity contribution >= 4 is 10.9 Å². The molecule has 0 radical (unpaired) electrons. The van der Waals surface area contributed by atoms with E-state index in [4.69, 9.17) is 5.11 Å². The fraction of sp³-hybridized carbons (Fsp3) is 0. The van der Waals surface area contributed by atoms with Gasteiger partial charge in [0.2, 0.25) is 0 Å². The minimum Gasteiger partial charge on any atom is -0.532 e. The molecule has 0 spiro atoms. The van der Waals surface area contributed by atoms with Crippen LogP contribution in [0.4, 0.5) is 0 Å². The number of fused-ring (bicyclic) bond motifs is 1. The van der Waals surface area contributed by atoms with Gasteiger partial charge in [-0.25, -0.2) is 0 Å². The molecule has 2 aromatic rings. The molecule has 0 fully saturated rings. The molecule has 0 atom stereocenters. The standard InChI is InChI=1S/C9H6NO.Zr/c11-8-5-7-3-1-2-4-9(7)10-6-8;/h1-5,11H;/q-1;. The number of aromatic hydroxyl groups is 1. The van der Waals surface area contributed by atoms with E-state index >= 15 is 0 Å². The van der Waals surface area contributed by atoms with Crippen LogP contribution in [-0.2, 0) is 26.2 Å². The van der Waals surface area contributed by atoms with Crippen LogP contribution < -0.4 is 0 Å². The van der Waals surface area contributed by atoms with Gasteiger partial charge in [0.1, 0.15) is 0 Å². The van der Waals surface area contributed by atoms with Gasteiger partial charge in [0, 0.05) is 32.0 Å². The van der Waals surface area contributed by atoms with Gasteiger partial charge in [0.15, 0.2) is 0 Å². The summed E-state index contributed by atoms with van der Waals surface area (Å²) >= 11 is 0. The van der Waals surface area contributed by atoms with Gasteiger partial charge < -0.3 is 10.1 Å². The molecule has 1 aromatic carbocycles. The van der Waals surface area contributed by atoms with E-state index in [0.717, 1.165) is 10.9 Å². The second kappa shape index (κ2) is 3.81. The number of rotatable bonds is 0. The zero-order valence-corrected chi connectivity index (χ0v) is 8.74. The maximum atomic E-state index is 9.01. The fourth-order valence-corrected chi connectivity index (χ4v) is 1.01. The second-order valence-electron chi connectivity index (χ2n) is 2.31. The van der Waals surface area contributed by atoms with E-state index in [1.54, 1.807) is 6.07 Å². The van der Waals surface area contributed by atoms with Crippen molar-refractivity contribution in [2.24, 2.45) is 0 Å². The Kier molecular flexibility index (Phi) is 2.99. The molecule has 0 aliphatic carbocycles. The Morgan fingerprint density at radius 2 is 2.00 bits per heavy atom. The molecule has 1 heterocycles. The smallest absolute Gasteiger partial charge is 0.0234 e. The summed E-state index contributed by atoms with van der Waals surface area (Å²) in [7, 11) is 0. The van der Waals surface area contributed by atoms with Gasteiger partial charge in [-0.2, -0.15) is 0 Å². The van der Waals surface area contributed by atoms with Gasteiger partial charge in [-0.05, 0) is 11.7 Å². The Hall–Kier alpha value is -0.687. The Morgan fingerprint density at radius 1 is 1.25 bits per heavy atom. The van der Waals surface area contributed by atoms with Crippen LogP contribution in [0.15, 0.2) is 30.3 Å². The predicted molar refractivity (Wildman–Crippen MR) is 42.2 cm³/mol. The summed E-state index contributed by atoms with van der Waals surface area (Å²) in [6.45, 7) is 0. The first-order valence-electron chi connectivity index (χ1n) is 3.33. The molecule has 0 unspecified atom stereocenters. The number of pyridine rings is 1. The molecular formula is C9H6NOZr-. The van der Waals surface area contributed by atoms with Crippen LogP contribution in [0.3, 0.4) is 0 Å². The van der Waals surface area contributed by atoms with Crippen molar-refractivity contribution in [2.45, 2.75) is 0 Å². The molecule has 2 rings (SSSR count). The molecule has 0 saturated heterocycles. The Balaban J connectivity index is 0.000000720. The van der Waals surface area contributed by atoms with Crippen LogP contribution in [0, 0.1) is 6.20 Å². The van der Waals surface area contributed by atoms with Crippen molar-refractivity contribution < 1.29 is 31.3 Å². The summed E-state index contributed by atoms with van der Waals surface area (Å²) in [5, 5.41) is 9.95. The summed E-state index contributed by atoms with van der Waals surface area (Å²) in [5.74, 6) is 0.0868. The minimum absolute atomic E-state index is 0. The van der Waals surface area contributed by atoms with Gasteiger partial charge in [0.05, 0.1) is 0 Å². The van der Waals surface area contributed by atoms with Gasteiger partial charge in [-0.3, -0.25) is 0 Å². The molecule has 58 valence electrons. The number of hydrogen-bond acceptors (Lipinski definition) is 2. The van der Waals surface area contributed by atoms with E-state index in [0.29, 0.717) is 0 Å². The molecule has 0 aliphatic heterocycles. The average molecular weight is 235 g/mol. The molecule has 12 heavy (non-hydrogen) atoms. The molecule has 1 aromatic heterocycles. The van der Waals surface area contributed by atoms with Gasteiger partial charge >= 0.3 is 0 Å². The van der Waals surface area contributed by atoms with Crippen LogP contribution in [0.1, 0.15) is 0 Å². The van der Waals surface area contributed by atoms with E-state index in [1.807, 2.05) is 24.3 Å². The maximum absolute atomic E-state index is 9.01. The van der Waals surface area contributed by atoms with Crippen molar-refractivity contribution in [3.8, 4) is 5.75 Å². The second-order valence-corrected chi connectivity index (χ2v) is 2.31. The zero-order valence-electron chi connectivity index (χ0n) is 6.28. The maximum Gasteiger partial charge on any atom is 0.0234 e. The third kappa shape index (κ3) is 1.73. The molecule has 2 nitrogen and oxygen atoms in total. The Morgan fingerprint density at radius 3 is 2.83 bits per heavy atom. The summed E-state index contributed by atoms with van der Waals surface area (Å²) in [6, 6.07) is 9.23. The van der Waals surface area contributed by atoms with Crippen LogP contribution in [-0.4, -0.2) is 10.1 Å². The number of nitrogens with zero attached hydrogens (tertiary/aromatic N) is 1. The predicted octanol–water partition coefficient (Wildman–Crippen LogP) is 1.74. The summed E-state index contributed by atoms with van der Waals surface area (Å²) in [5.41, 5.74) is 0.852. The van der Waals surface area contributed by atoms with Crippen molar-refractivity contribution in [3.05, 3.63) is 36.5 Å². The third-order valence-corrected chi connectivity index (χ3v) is 1.52. The van der Waals surface area contributed by atoms with Gasteiger partial charge in [-0.1, -0.05) is 24.3 Å². The fourth-order valence-electron chi connectivity index (χ4n) is 1.01. The Labute approximate surface area is 89.4 Å². The molecule has 0 amide bonds. The van der Waals surface area contributed by atoms with Crippen molar-refractivity contribution in [1.82, 2.24) is 4.98 Å². The molecular weight excluding hydrogens is 229 g/mol. The third-order valence-electron chi connectivity index (χ3n) is 1.52. The first kappa shape index (κ1) is 9.40. The van der Waals surface area contributed by atoms with Gasteiger partial charge in [-0.15, -0.1) is 11.5 Å². The van der Waals surface area contributed by atoms with Crippen molar-refractivity contribution in [2.75, 3.05) is 0 Å². The van der Waals surface area contributed by atoms with E-state index in [9.17, 15) is 0 Å². The van der Waals surface area contributed by atoms with E-state index in [-0.39, 0.29) is 32.0 Å². The summed E-state index contributed by atoms with van der Waals surface area (Å²) < 4.78 is 0. The van der Waals surface area contributed by atoms with E-state index in [2.05, 4.69) is 11.2 Å². The number of benzene rings is 1. The monoisotopic (exact) mass is 234 g/mol. The van der Waals surface area contributed by atoms with E-state index < -0.39 is 0 Å². The number of aromatic nitrogens is 1. The zero-order chi connectivity index (χ0) is 7.68. The van der Waals surface area contributed by atoms with Crippen molar-refractivity contribution in [3.63, 3.8) is 0 Å². The summed E-state index contributed by atoms with van der Waals surface area (Å²) in [4.78, 5) is 3.91.